The summed E-state index contributed by atoms with van der Waals surface area (Å²) in [6, 6.07) is 10.0. The topological polar surface area (TPSA) is 148 Å². The lowest BCUT2D eigenvalue weighted by Crippen LogP contribution is -2.43. The van der Waals surface area contributed by atoms with Gasteiger partial charge in [0.05, 0.1) is 18.0 Å². The van der Waals surface area contributed by atoms with Crippen LogP contribution in [0.1, 0.15) is 33.3 Å². The number of primary sulfonamides is 1. The molecule has 0 bridgehead atoms. The van der Waals surface area contributed by atoms with Crippen LogP contribution in [-0.2, 0) is 25.9 Å². The van der Waals surface area contributed by atoms with Crippen molar-refractivity contribution in [3.8, 4) is 0 Å². The van der Waals surface area contributed by atoms with Gasteiger partial charge in [-0.15, -0.1) is 0 Å². The normalized spacial score (nSPS) is 16.8. The molecule has 2 aromatic rings. The number of halogens is 2. The molecule has 2 unspecified atom stereocenters. The van der Waals surface area contributed by atoms with Gasteiger partial charge in [0.1, 0.15) is 17.2 Å². The Hall–Kier alpha value is -2.92. The third kappa shape index (κ3) is 8.56. The van der Waals surface area contributed by atoms with Crippen LogP contribution in [0.4, 0.5) is 14.5 Å². The number of amides is 1. The van der Waals surface area contributed by atoms with Crippen LogP contribution >= 0.6 is 8.81 Å². The summed E-state index contributed by atoms with van der Waals surface area (Å²) in [6.45, 7) is 8.02. The van der Waals surface area contributed by atoms with Gasteiger partial charge in [0.15, 0.2) is 11.6 Å². The zero-order valence-corrected chi connectivity index (χ0v) is 23.6. The summed E-state index contributed by atoms with van der Waals surface area (Å²) in [4.78, 5) is 19.2. The highest BCUT2D eigenvalue weighted by Crippen LogP contribution is 2.38. The van der Waals surface area contributed by atoms with Gasteiger partial charge < -0.3 is 20.3 Å². The van der Waals surface area contributed by atoms with Crippen molar-refractivity contribution in [3.05, 3.63) is 71.0 Å². The summed E-state index contributed by atoms with van der Waals surface area (Å²) < 4.78 is 51.4. The van der Waals surface area contributed by atoms with Crippen LogP contribution in [-0.4, -0.2) is 49.1 Å². The number of hydrogen-bond donors (Lipinski definition) is 3. The first-order valence-electron chi connectivity index (χ1n) is 11.5. The molecule has 1 heterocycles. The van der Waals surface area contributed by atoms with E-state index in [1.807, 2.05) is 39.8 Å². The minimum Gasteiger partial charge on any atom is -0.509 e. The van der Waals surface area contributed by atoms with Gasteiger partial charge in [-0.2, -0.15) is 0 Å². The van der Waals surface area contributed by atoms with E-state index in [0.717, 1.165) is 23.7 Å². The number of aliphatic imine (C=N–C) groups is 1. The number of aliphatic hydroxyl groups is 1. The molecule has 1 amide bonds. The average Bonchev–Trinajstić information content (AvgIpc) is 3.04. The molecule has 0 saturated carbocycles. The number of carbonyl (C=O) groups excluding carboxylic acids is 1. The lowest BCUT2D eigenvalue weighted by Gasteiger charge is -2.35. The maximum absolute atomic E-state index is 13.7. The maximum Gasteiger partial charge on any atom is 0.262 e. The van der Waals surface area contributed by atoms with Crippen LogP contribution in [0.5, 0.6) is 0 Å². The second-order valence-corrected chi connectivity index (χ2v) is 12.3. The van der Waals surface area contributed by atoms with Crippen molar-refractivity contribution in [2.75, 3.05) is 12.9 Å². The number of aliphatic hydroxyl groups excluding tert-OH is 1. The first kappa shape index (κ1) is 31.3. The number of rotatable bonds is 7. The number of nitrogens with zero attached hydrogens (tertiary/aromatic N) is 2. The van der Waals surface area contributed by atoms with E-state index in [4.69, 9.17) is 10.3 Å². The van der Waals surface area contributed by atoms with Crippen molar-refractivity contribution in [1.82, 2.24) is 4.90 Å². The summed E-state index contributed by atoms with van der Waals surface area (Å²) in [5, 5.41) is 16.2. The largest absolute Gasteiger partial charge is 0.509 e. The minimum absolute atomic E-state index is 0.0267. The van der Waals surface area contributed by atoms with Gasteiger partial charge in [-0.05, 0) is 36.1 Å². The highest BCUT2D eigenvalue weighted by atomic mass is 32.2. The molecule has 0 saturated heterocycles. The Morgan fingerprint density at radius 2 is 1.79 bits per heavy atom. The number of hydrogen-bond acceptors (Lipinski definition) is 6. The van der Waals surface area contributed by atoms with E-state index >= 15 is 0 Å². The first-order chi connectivity index (χ1) is 17.5. The molecule has 0 spiro atoms. The number of sulfonamides is 1. The van der Waals surface area contributed by atoms with Crippen molar-refractivity contribution in [2.45, 2.75) is 40.3 Å². The predicted octanol–water partition coefficient (Wildman–Crippen LogP) is 3.38. The van der Waals surface area contributed by atoms with Gasteiger partial charge >= 0.3 is 0 Å². The third-order valence-electron chi connectivity index (χ3n) is 5.19. The summed E-state index contributed by atoms with van der Waals surface area (Å²) in [5.74, 6) is -2.81. The van der Waals surface area contributed by atoms with Gasteiger partial charge in [0.25, 0.3) is 5.91 Å². The zero-order valence-electron chi connectivity index (χ0n) is 21.8. The molecule has 2 atom stereocenters. The molecule has 0 aliphatic carbocycles. The van der Waals surface area contributed by atoms with E-state index in [0.29, 0.717) is 17.9 Å². The lowest BCUT2D eigenvalue weighted by atomic mass is 9.85. The van der Waals surface area contributed by atoms with Crippen molar-refractivity contribution in [3.63, 3.8) is 0 Å². The van der Waals surface area contributed by atoms with Gasteiger partial charge in [-0.25, -0.2) is 27.3 Å². The fraction of sp³-hybridized carbons (Fsp3) is 0.360. The number of nitrogens with two attached hydrogens (primary N) is 2. The van der Waals surface area contributed by atoms with Crippen LogP contribution in [0.3, 0.4) is 0 Å². The van der Waals surface area contributed by atoms with Crippen LogP contribution in [0.25, 0.3) is 0 Å². The van der Waals surface area contributed by atoms with E-state index in [1.165, 1.54) is 11.0 Å². The molecule has 0 radical (unpaired) electrons. The molecule has 9 nitrogen and oxygen atoms in total. The standard InChI is InChI=1S/C24H28F2N3O3P.CH5NO2S/c1-5-32-33-18-9-7-6-8-17(18)28-22(27)19-20(30)21(24(2,3)4)29(23(19)31)13-14-10-11-15(25)16(26)12-14;1-5(2,3)4/h6-12,21,30,33H,5,13H2,1-4H3,(H2,27,28);1H3,(H2,2,3,4). The molecule has 0 aromatic heterocycles. The zero-order chi connectivity index (χ0) is 28.8. The Kier molecular flexibility index (Phi) is 10.5. The van der Waals surface area contributed by atoms with E-state index in [2.05, 4.69) is 10.1 Å². The molecule has 13 heteroatoms. The Balaban J connectivity index is 0.000000926. The van der Waals surface area contributed by atoms with Gasteiger partial charge in [-0.1, -0.05) is 45.0 Å². The van der Waals surface area contributed by atoms with E-state index < -0.39 is 39.0 Å². The molecule has 208 valence electrons. The van der Waals surface area contributed by atoms with Crippen molar-refractivity contribution >= 4 is 41.6 Å². The van der Waals surface area contributed by atoms with Crippen molar-refractivity contribution in [2.24, 2.45) is 21.3 Å². The number of amidine groups is 1. The highest BCUT2D eigenvalue weighted by molar-refractivity contribution is 7.88. The smallest absolute Gasteiger partial charge is 0.262 e. The second kappa shape index (κ2) is 12.8. The molecule has 5 N–H and O–H groups in total. The Morgan fingerprint density at radius 1 is 1.18 bits per heavy atom. The first-order valence-corrected chi connectivity index (χ1v) is 14.4. The molecular weight excluding hydrogens is 537 g/mol. The molecular formula is C25H33F2N4O5PS. The molecule has 38 heavy (non-hydrogen) atoms. The third-order valence-corrected chi connectivity index (χ3v) is 6.26. The van der Waals surface area contributed by atoms with Gasteiger partial charge in [0, 0.05) is 27.3 Å². The average molecular weight is 571 g/mol. The van der Waals surface area contributed by atoms with Gasteiger partial charge in [0.2, 0.25) is 10.0 Å². The maximum atomic E-state index is 13.7. The highest BCUT2D eigenvalue weighted by Gasteiger charge is 2.46. The monoisotopic (exact) mass is 570 g/mol. The Bertz CT molecular complexity index is 1340. The molecule has 0 fully saturated rings. The summed E-state index contributed by atoms with van der Waals surface area (Å²) >= 11 is 0. The number of carbonyl (C=O) groups is 1. The van der Waals surface area contributed by atoms with Crippen LogP contribution in [0, 0.1) is 17.0 Å². The quantitative estimate of drug-likeness (QED) is 0.264. The summed E-state index contributed by atoms with van der Waals surface area (Å²) in [5.41, 5.74) is 6.52. The molecule has 1 aliphatic rings. The van der Waals surface area contributed by atoms with E-state index in [-0.39, 0.29) is 32.5 Å². The molecule has 2 aromatic carbocycles. The number of para-hydroxylation sites is 1. The molecule has 1 aliphatic heterocycles. The Labute approximate surface area is 223 Å². The van der Waals surface area contributed by atoms with E-state index in [9.17, 15) is 27.1 Å². The van der Waals surface area contributed by atoms with Gasteiger partial charge in [-0.3, -0.25) is 4.79 Å². The van der Waals surface area contributed by atoms with Crippen LogP contribution in [0.2, 0.25) is 0 Å². The van der Waals surface area contributed by atoms with E-state index in [1.54, 1.807) is 12.1 Å². The SMILES string of the molecule is CCOPc1ccccc1N=C(N)C1=C(O)C(C(C)(C)C)N(Cc2ccc(F)c(F)c2)C1=O.CS(N)(=O)=O. The summed E-state index contributed by atoms with van der Waals surface area (Å²) in [6.07, 6.45) is 0.938. The summed E-state index contributed by atoms with van der Waals surface area (Å²) in [7, 11) is -3.11. The molecule has 3 rings (SSSR count). The van der Waals surface area contributed by atoms with Crippen molar-refractivity contribution in [1.29, 1.82) is 0 Å². The van der Waals surface area contributed by atoms with Crippen LogP contribution < -0.4 is 16.2 Å². The Morgan fingerprint density at radius 3 is 2.34 bits per heavy atom. The lowest BCUT2D eigenvalue weighted by molar-refractivity contribution is -0.129. The minimum atomic E-state index is -3.17. The van der Waals surface area contributed by atoms with Crippen molar-refractivity contribution < 1.29 is 31.6 Å². The number of benzene rings is 2. The fourth-order valence-corrected chi connectivity index (χ4v) is 4.47. The predicted molar refractivity (Wildman–Crippen MR) is 146 cm³/mol. The second-order valence-electron chi connectivity index (χ2n) is 9.59. The fourth-order valence-electron chi connectivity index (χ4n) is 3.76. The van der Waals surface area contributed by atoms with Crippen LogP contribution in [0.15, 0.2) is 58.8 Å².